The van der Waals surface area contributed by atoms with Gasteiger partial charge < -0.3 is 11.1 Å². The number of primary amides is 1. The number of halogens is 2. The Labute approximate surface area is 103 Å². The maximum atomic E-state index is 13.2. The highest BCUT2D eigenvalue weighted by atomic mass is 32.2. The van der Waals surface area contributed by atoms with Crippen molar-refractivity contribution in [3.05, 3.63) is 29.8 Å². The maximum absolute atomic E-state index is 13.2. The van der Waals surface area contributed by atoms with Crippen LogP contribution in [0.1, 0.15) is 6.42 Å². The van der Waals surface area contributed by atoms with E-state index in [1.807, 2.05) is 0 Å². The lowest BCUT2D eigenvalue weighted by molar-refractivity contribution is -0.119. The number of likely N-dealkylation sites (N-methyl/N-ethyl adjacent to an activating group) is 1. The summed E-state index contributed by atoms with van der Waals surface area (Å²) in [4.78, 5) is 11.2. The Bertz CT molecular complexity index is 401. The predicted octanol–water partition coefficient (Wildman–Crippen LogP) is 1.52. The lowest BCUT2D eigenvalue weighted by atomic mass is 10.2. The van der Waals surface area contributed by atoms with Gasteiger partial charge in [-0.3, -0.25) is 4.79 Å². The molecular formula is C11H14F2N2OS. The van der Waals surface area contributed by atoms with Crippen molar-refractivity contribution in [2.75, 3.05) is 12.8 Å². The standard InChI is InChI=1S/C11H14F2N2OS/c1-15-9(11(14)16)4-5-17-10-6-7(12)2-3-8(10)13/h2-3,6,9,15H,4-5H2,1H3,(H2,14,16). The number of carbonyl (C=O) groups excluding carboxylic acids is 1. The van der Waals surface area contributed by atoms with E-state index in [0.29, 0.717) is 12.2 Å². The van der Waals surface area contributed by atoms with Gasteiger partial charge in [-0.25, -0.2) is 8.78 Å². The SMILES string of the molecule is CNC(CCSc1cc(F)ccc1F)C(N)=O. The van der Waals surface area contributed by atoms with Gasteiger partial charge in [0.1, 0.15) is 11.6 Å². The van der Waals surface area contributed by atoms with E-state index in [9.17, 15) is 13.6 Å². The highest BCUT2D eigenvalue weighted by molar-refractivity contribution is 7.99. The first-order chi connectivity index (χ1) is 8.04. The van der Waals surface area contributed by atoms with E-state index < -0.39 is 23.6 Å². The predicted molar refractivity (Wildman–Crippen MR) is 63.7 cm³/mol. The monoisotopic (exact) mass is 260 g/mol. The highest BCUT2D eigenvalue weighted by Crippen LogP contribution is 2.23. The molecule has 3 N–H and O–H groups in total. The molecule has 1 unspecified atom stereocenters. The largest absolute Gasteiger partial charge is 0.368 e. The zero-order valence-corrected chi connectivity index (χ0v) is 10.2. The normalized spacial score (nSPS) is 12.4. The third-order valence-electron chi connectivity index (χ3n) is 2.25. The zero-order valence-electron chi connectivity index (χ0n) is 9.37. The molecule has 0 aliphatic rings. The Hall–Kier alpha value is -1.14. The summed E-state index contributed by atoms with van der Waals surface area (Å²) in [5.74, 6) is -0.910. The fraction of sp³-hybridized carbons (Fsp3) is 0.364. The molecule has 0 spiro atoms. The van der Waals surface area contributed by atoms with Crippen LogP contribution in [0.5, 0.6) is 0 Å². The van der Waals surface area contributed by atoms with E-state index in [0.717, 1.165) is 30.0 Å². The van der Waals surface area contributed by atoms with E-state index >= 15 is 0 Å². The Morgan fingerprint density at radius 3 is 2.82 bits per heavy atom. The molecule has 1 atom stereocenters. The Kier molecular flexibility index (Phi) is 5.37. The molecule has 0 bridgehead atoms. The van der Waals surface area contributed by atoms with Gasteiger partial charge in [0.25, 0.3) is 0 Å². The number of nitrogens with one attached hydrogen (secondary N) is 1. The van der Waals surface area contributed by atoms with Crippen molar-refractivity contribution in [2.45, 2.75) is 17.4 Å². The van der Waals surface area contributed by atoms with E-state index in [2.05, 4.69) is 5.32 Å². The fourth-order valence-corrected chi connectivity index (χ4v) is 2.28. The lowest BCUT2D eigenvalue weighted by Gasteiger charge is -2.11. The smallest absolute Gasteiger partial charge is 0.234 e. The van der Waals surface area contributed by atoms with Gasteiger partial charge in [0, 0.05) is 10.6 Å². The number of hydrogen-bond acceptors (Lipinski definition) is 3. The molecule has 0 saturated heterocycles. The van der Waals surface area contributed by atoms with E-state index in [4.69, 9.17) is 5.73 Å². The number of carbonyl (C=O) groups is 1. The second-order valence-corrected chi connectivity index (χ2v) is 4.59. The summed E-state index contributed by atoms with van der Waals surface area (Å²) in [6.07, 6.45) is 0.465. The zero-order chi connectivity index (χ0) is 12.8. The summed E-state index contributed by atoms with van der Waals surface area (Å²) < 4.78 is 26.1. The van der Waals surface area contributed by atoms with Crippen molar-refractivity contribution in [1.29, 1.82) is 0 Å². The molecule has 0 fully saturated rings. The number of amides is 1. The van der Waals surface area contributed by atoms with Crippen molar-refractivity contribution in [3.8, 4) is 0 Å². The van der Waals surface area contributed by atoms with Gasteiger partial charge in [0.15, 0.2) is 0 Å². The summed E-state index contributed by atoms with van der Waals surface area (Å²) in [7, 11) is 1.63. The van der Waals surface area contributed by atoms with E-state index in [-0.39, 0.29) is 4.90 Å². The van der Waals surface area contributed by atoms with Gasteiger partial charge in [-0.15, -0.1) is 11.8 Å². The number of hydrogen-bond donors (Lipinski definition) is 2. The lowest BCUT2D eigenvalue weighted by Crippen LogP contribution is -2.39. The van der Waals surface area contributed by atoms with Gasteiger partial charge in [0.2, 0.25) is 5.91 Å². The first kappa shape index (κ1) is 13.9. The third-order valence-corrected chi connectivity index (χ3v) is 3.31. The van der Waals surface area contributed by atoms with Crippen LogP contribution < -0.4 is 11.1 Å². The molecule has 1 rings (SSSR count). The van der Waals surface area contributed by atoms with Gasteiger partial charge in [-0.1, -0.05) is 0 Å². The van der Waals surface area contributed by atoms with Crippen LogP contribution >= 0.6 is 11.8 Å². The fourth-order valence-electron chi connectivity index (χ4n) is 1.30. The van der Waals surface area contributed by atoms with Crippen molar-refractivity contribution < 1.29 is 13.6 Å². The number of benzene rings is 1. The molecule has 0 heterocycles. The molecule has 1 amide bonds. The highest BCUT2D eigenvalue weighted by Gasteiger charge is 2.12. The molecule has 0 radical (unpaired) electrons. The average Bonchev–Trinajstić information content (AvgIpc) is 2.28. The van der Waals surface area contributed by atoms with Crippen molar-refractivity contribution in [2.24, 2.45) is 5.73 Å². The molecule has 3 nitrogen and oxygen atoms in total. The molecule has 0 aliphatic carbocycles. The summed E-state index contributed by atoms with van der Waals surface area (Å²) in [6.45, 7) is 0. The summed E-state index contributed by atoms with van der Waals surface area (Å²) in [5, 5.41) is 2.76. The van der Waals surface area contributed by atoms with Gasteiger partial charge in [-0.2, -0.15) is 0 Å². The molecule has 1 aromatic carbocycles. The Morgan fingerprint density at radius 2 is 2.24 bits per heavy atom. The molecular weight excluding hydrogens is 246 g/mol. The maximum Gasteiger partial charge on any atom is 0.234 e. The van der Waals surface area contributed by atoms with E-state index in [1.54, 1.807) is 7.05 Å². The van der Waals surface area contributed by atoms with Crippen LogP contribution in [-0.2, 0) is 4.79 Å². The minimum atomic E-state index is -0.478. The first-order valence-electron chi connectivity index (χ1n) is 5.09. The molecule has 94 valence electrons. The van der Waals surface area contributed by atoms with Crippen LogP contribution in [-0.4, -0.2) is 24.7 Å². The quantitative estimate of drug-likeness (QED) is 0.762. The molecule has 0 aliphatic heterocycles. The number of nitrogens with two attached hydrogens (primary N) is 1. The van der Waals surface area contributed by atoms with Crippen molar-refractivity contribution in [3.63, 3.8) is 0 Å². The molecule has 0 aromatic heterocycles. The summed E-state index contributed by atoms with van der Waals surface area (Å²) in [5.41, 5.74) is 5.14. The van der Waals surface area contributed by atoms with Crippen LogP contribution in [0.15, 0.2) is 23.1 Å². The second-order valence-electron chi connectivity index (χ2n) is 3.46. The number of thioether (sulfide) groups is 1. The van der Waals surface area contributed by atoms with Crippen LogP contribution in [0.3, 0.4) is 0 Å². The van der Waals surface area contributed by atoms with Crippen molar-refractivity contribution >= 4 is 17.7 Å². The summed E-state index contributed by atoms with van der Waals surface area (Å²) in [6, 6.07) is 2.85. The molecule has 0 saturated carbocycles. The second kappa shape index (κ2) is 6.56. The van der Waals surface area contributed by atoms with Gasteiger partial charge in [-0.05, 0) is 31.7 Å². The topological polar surface area (TPSA) is 55.1 Å². The van der Waals surface area contributed by atoms with Gasteiger partial charge in [0.05, 0.1) is 6.04 Å². The number of rotatable bonds is 6. The Morgan fingerprint density at radius 1 is 1.53 bits per heavy atom. The summed E-state index contributed by atoms with van der Waals surface area (Å²) >= 11 is 1.16. The average molecular weight is 260 g/mol. The van der Waals surface area contributed by atoms with Crippen LogP contribution in [0, 0.1) is 11.6 Å². The minimum absolute atomic E-state index is 0.240. The van der Waals surface area contributed by atoms with Gasteiger partial charge >= 0.3 is 0 Å². The Balaban J connectivity index is 2.50. The van der Waals surface area contributed by atoms with Crippen LogP contribution in [0.25, 0.3) is 0 Å². The molecule has 1 aromatic rings. The third kappa shape index (κ3) is 4.32. The van der Waals surface area contributed by atoms with E-state index in [1.165, 1.54) is 0 Å². The van der Waals surface area contributed by atoms with Crippen molar-refractivity contribution in [1.82, 2.24) is 5.32 Å². The molecule has 6 heteroatoms. The van der Waals surface area contributed by atoms with Crippen LogP contribution in [0.4, 0.5) is 8.78 Å². The van der Waals surface area contributed by atoms with Crippen LogP contribution in [0.2, 0.25) is 0 Å². The molecule has 17 heavy (non-hydrogen) atoms. The minimum Gasteiger partial charge on any atom is -0.368 e. The first-order valence-corrected chi connectivity index (χ1v) is 6.07.